The molecule has 3 rings (SSSR count). The number of nitrogens with zero attached hydrogens (tertiary/aromatic N) is 4. The first-order chi connectivity index (χ1) is 12.1. The average Bonchev–Trinajstić information content (AvgIpc) is 2.98. The van der Waals surface area contributed by atoms with Gasteiger partial charge in [0.25, 0.3) is 0 Å². The Bertz CT molecular complexity index is 770. The first-order valence-electron chi connectivity index (χ1n) is 8.39. The Morgan fingerprint density at radius 3 is 3.04 bits per heavy atom. The van der Waals surface area contributed by atoms with Crippen LogP contribution in [0.25, 0.3) is 0 Å². The smallest absolute Gasteiger partial charge is 0.191 e. The third-order valence-electron chi connectivity index (χ3n) is 4.21. The van der Waals surface area contributed by atoms with Crippen LogP contribution in [0.3, 0.4) is 0 Å². The van der Waals surface area contributed by atoms with Gasteiger partial charge in [0.1, 0.15) is 23.3 Å². The summed E-state index contributed by atoms with van der Waals surface area (Å²) in [6, 6.07) is 3.52. The second kappa shape index (κ2) is 7.58. The molecule has 1 aromatic carbocycles. The Hall–Kier alpha value is -2.51. The van der Waals surface area contributed by atoms with Crippen LogP contribution in [0.2, 0.25) is 0 Å². The Morgan fingerprint density at radius 2 is 2.24 bits per heavy atom. The minimum Gasteiger partial charge on any atom is -0.356 e. The number of guanidine groups is 1. The number of aromatic nitrogens is 3. The molecule has 6 nitrogen and oxygen atoms in total. The van der Waals surface area contributed by atoms with Crippen LogP contribution < -0.4 is 10.6 Å². The number of benzene rings is 1. The molecule has 8 heteroatoms. The summed E-state index contributed by atoms with van der Waals surface area (Å²) in [4.78, 5) is 8.69. The highest BCUT2D eigenvalue weighted by Crippen LogP contribution is 2.22. The number of hydrogen-bond donors (Lipinski definition) is 2. The number of aliphatic imine (C=N–C) groups is 1. The van der Waals surface area contributed by atoms with Gasteiger partial charge in [-0.15, -0.1) is 0 Å². The standard InChI is InChI=1S/C17H22F2N6/c1-11-22-16-15(4-3-9-25(16)24-11)23-17(20-2)21-8-7-12-10-13(18)5-6-14(12)19/h5-6,10,15H,3-4,7-9H2,1-2H3,(H2,20,21,23). The molecule has 2 heterocycles. The SMILES string of the molecule is CN=C(NCCc1cc(F)ccc1F)NC1CCCn2nc(C)nc21. The van der Waals surface area contributed by atoms with Crippen LogP contribution >= 0.6 is 0 Å². The zero-order chi connectivity index (χ0) is 17.8. The molecule has 2 N–H and O–H groups in total. The van der Waals surface area contributed by atoms with Crippen LogP contribution in [0.1, 0.15) is 36.1 Å². The monoisotopic (exact) mass is 348 g/mol. The van der Waals surface area contributed by atoms with Gasteiger partial charge in [0, 0.05) is 20.1 Å². The van der Waals surface area contributed by atoms with Gasteiger partial charge in [-0.2, -0.15) is 5.10 Å². The van der Waals surface area contributed by atoms with Gasteiger partial charge in [-0.05, 0) is 49.9 Å². The fraction of sp³-hybridized carbons (Fsp3) is 0.471. The molecule has 0 bridgehead atoms. The van der Waals surface area contributed by atoms with E-state index in [1.165, 1.54) is 6.07 Å². The van der Waals surface area contributed by atoms with Crippen molar-refractivity contribution in [3.63, 3.8) is 0 Å². The number of fused-ring (bicyclic) bond motifs is 1. The summed E-state index contributed by atoms with van der Waals surface area (Å²) >= 11 is 0. The Labute approximate surface area is 145 Å². The number of aryl methyl sites for hydroxylation is 2. The fourth-order valence-electron chi connectivity index (χ4n) is 3.02. The lowest BCUT2D eigenvalue weighted by Crippen LogP contribution is -2.42. The molecule has 0 aliphatic carbocycles. The maximum Gasteiger partial charge on any atom is 0.191 e. The van der Waals surface area contributed by atoms with Crippen molar-refractivity contribution < 1.29 is 8.78 Å². The van der Waals surface area contributed by atoms with Crippen molar-refractivity contribution in [3.8, 4) is 0 Å². The quantitative estimate of drug-likeness (QED) is 0.656. The number of rotatable bonds is 4. The van der Waals surface area contributed by atoms with E-state index in [4.69, 9.17) is 0 Å². The van der Waals surface area contributed by atoms with E-state index in [0.29, 0.717) is 24.5 Å². The Balaban J connectivity index is 1.58. The highest BCUT2D eigenvalue weighted by molar-refractivity contribution is 5.80. The van der Waals surface area contributed by atoms with Crippen molar-refractivity contribution in [2.75, 3.05) is 13.6 Å². The molecule has 0 saturated carbocycles. The van der Waals surface area contributed by atoms with E-state index in [1.807, 2.05) is 11.6 Å². The van der Waals surface area contributed by atoms with Crippen LogP contribution in [0, 0.1) is 18.6 Å². The zero-order valence-electron chi connectivity index (χ0n) is 14.4. The minimum atomic E-state index is -0.434. The maximum absolute atomic E-state index is 13.7. The minimum absolute atomic E-state index is 0.0343. The zero-order valence-corrected chi connectivity index (χ0v) is 14.4. The van der Waals surface area contributed by atoms with Crippen LogP contribution in [0.5, 0.6) is 0 Å². The molecule has 0 spiro atoms. The van der Waals surface area contributed by atoms with Crippen LogP contribution in [-0.4, -0.2) is 34.3 Å². The molecule has 1 aliphatic heterocycles. The fourth-order valence-corrected chi connectivity index (χ4v) is 3.02. The van der Waals surface area contributed by atoms with Crippen molar-refractivity contribution >= 4 is 5.96 Å². The maximum atomic E-state index is 13.7. The average molecular weight is 348 g/mol. The topological polar surface area (TPSA) is 67.1 Å². The van der Waals surface area contributed by atoms with Gasteiger partial charge in [0.15, 0.2) is 5.96 Å². The second-order valence-electron chi connectivity index (χ2n) is 6.06. The van der Waals surface area contributed by atoms with Crippen molar-refractivity contribution in [2.45, 2.75) is 38.8 Å². The van der Waals surface area contributed by atoms with Gasteiger partial charge in [0.2, 0.25) is 0 Å². The Kier molecular flexibility index (Phi) is 5.25. The van der Waals surface area contributed by atoms with E-state index in [0.717, 1.165) is 43.2 Å². The van der Waals surface area contributed by atoms with Crippen molar-refractivity contribution in [3.05, 3.63) is 47.0 Å². The lowest BCUT2D eigenvalue weighted by Gasteiger charge is -2.25. The largest absolute Gasteiger partial charge is 0.356 e. The molecular formula is C17H22F2N6. The molecule has 2 aromatic rings. The van der Waals surface area contributed by atoms with E-state index in [2.05, 4.69) is 25.7 Å². The van der Waals surface area contributed by atoms with Gasteiger partial charge in [-0.25, -0.2) is 18.4 Å². The molecule has 1 aliphatic rings. The van der Waals surface area contributed by atoms with E-state index in [1.54, 1.807) is 7.05 Å². The molecule has 1 atom stereocenters. The summed E-state index contributed by atoms with van der Waals surface area (Å²) in [6.45, 7) is 3.20. The molecule has 1 aromatic heterocycles. The van der Waals surface area contributed by atoms with Crippen LogP contribution in [0.4, 0.5) is 8.78 Å². The number of nitrogens with one attached hydrogen (secondary N) is 2. The summed E-state index contributed by atoms with van der Waals surface area (Å²) in [5.41, 5.74) is 0.344. The van der Waals surface area contributed by atoms with Gasteiger partial charge in [-0.3, -0.25) is 4.99 Å². The van der Waals surface area contributed by atoms with Gasteiger partial charge >= 0.3 is 0 Å². The molecule has 1 unspecified atom stereocenters. The predicted octanol–water partition coefficient (Wildman–Crippen LogP) is 2.11. The van der Waals surface area contributed by atoms with Crippen molar-refractivity contribution in [2.24, 2.45) is 4.99 Å². The van der Waals surface area contributed by atoms with Crippen LogP contribution in [-0.2, 0) is 13.0 Å². The second-order valence-corrected chi connectivity index (χ2v) is 6.06. The lowest BCUT2D eigenvalue weighted by atomic mass is 10.1. The first kappa shape index (κ1) is 17.3. The van der Waals surface area contributed by atoms with Gasteiger partial charge in [0.05, 0.1) is 6.04 Å². The number of halogens is 2. The van der Waals surface area contributed by atoms with E-state index in [-0.39, 0.29) is 6.04 Å². The van der Waals surface area contributed by atoms with Gasteiger partial charge < -0.3 is 10.6 Å². The summed E-state index contributed by atoms with van der Waals surface area (Å²) < 4.78 is 28.8. The predicted molar refractivity (Wildman–Crippen MR) is 91.3 cm³/mol. The van der Waals surface area contributed by atoms with Crippen LogP contribution in [0.15, 0.2) is 23.2 Å². The summed E-state index contributed by atoms with van der Waals surface area (Å²) in [6.07, 6.45) is 2.32. The van der Waals surface area contributed by atoms with E-state index >= 15 is 0 Å². The highest BCUT2D eigenvalue weighted by atomic mass is 19.1. The third-order valence-corrected chi connectivity index (χ3v) is 4.21. The molecule has 0 saturated heterocycles. The molecule has 25 heavy (non-hydrogen) atoms. The van der Waals surface area contributed by atoms with Crippen molar-refractivity contribution in [1.29, 1.82) is 0 Å². The third kappa shape index (κ3) is 4.12. The molecule has 134 valence electrons. The summed E-state index contributed by atoms with van der Waals surface area (Å²) in [5, 5.41) is 10.9. The molecule has 0 amide bonds. The molecule has 0 fully saturated rings. The summed E-state index contributed by atoms with van der Waals surface area (Å²) in [7, 11) is 1.68. The highest BCUT2D eigenvalue weighted by Gasteiger charge is 2.24. The normalized spacial score (nSPS) is 17.3. The Morgan fingerprint density at radius 1 is 1.40 bits per heavy atom. The van der Waals surface area contributed by atoms with Gasteiger partial charge in [-0.1, -0.05) is 0 Å². The van der Waals surface area contributed by atoms with Crippen molar-refractivity contribution in [1.82, 2.24) is 25.4 Å². The van der Waals surface area contributed by atoms with E-state index in [9.17, 15) is 8.78 Å². The summed E-state index contributed by atoms with van der Waals surface area (Å²) in [5.74, 6) is 1.44. The molecular weight excluding hydrogens is 326 g/mol. The van der Waals surface area contributed by atoms with E-state index < -0.39 is 11.6 Å². The number of hydrogen-bond acceptors (Lipinski definition) is 3. The molecule has 0 radical (unpaired) electrons. The lowest BCUT2D eigenvalue weighted by molar-refractivity contribution is 0.397. The first-order valence-corrected chi connectivity index (χ1v) is 8.39.